The van der Waals surface area contributed by atoms with Crippen LogP contribution in [0.25, 0.3) is 0 Å². The minimum Gasteiger partial charge on any atom is -0.261 e. The van der Waals surface area contributed by atoms with Gasteiger partial charge in [0.25, 0.3) is 11.0 Å². The molecule has 1 rings (SSSR count). The van der Waals surface area contributed by atoms with Gasteiger partial charge in [-0.15, -0.1) is 0 Å². The lowest BCUT2D eigenvalue weighted by atomic mass is 10.2. The summed E-state index contributed by atoms with van der Waals surface area (Å²) in [6, 6.07) is 2.87. The van der Waals surface area contributed by atoms with Gasteiger partial charge in [0.15, 0.2) is 0 Å². The SMILES string of the molecule is O=[SH](=O)O[CH]c1c(Cl)cc(Cl)cc1Cl. The van der Waals surface area contributed by atoms with Crippen molar-refractivity contribution >= 4 is 45.8 Å². The molecular formula is C7H4Cl3O3S. The van der Waals surface area contributed by atoms with Crippen molar-refractivity contribution in [1.29, 1.82) is 0 Å². The Balaban J connectivity index is 2.96. The maximum absolute atomic E-state index is 10.1. The number of benzene rings is 1. The van der Waals surface area contributed by atoms with Gasteiger partial charge in [0, 0.05) is 20.6 Å². The van der Waals surface area contributed by atoms with Crippen LogP contribution in [0.2, 0.25) is 15.1 Å². The summed E-state index contributed by atoms with van der Waals surface area (Å²) in [4.78, 5) is 0. The third kappa shape index (κ3) is 3.29. The van der Waals surface area contributed by atoms with Crippen LogP contribution in [0.5, 0.6) is 0 Å². The molecule has 0 spiro atoms. The zero-order chi connectivity index (χ0) is 10.7. The molecule has 0 unspecified atom stereocenters. The average Bonchev–Trinajstić information content (AvgIpc) is 2.01. The Kier molecular flexibility index (Phi) is 4.47. The van der Waals surface area contributed by atoms with Gasteiger partial charge in [-0.3, -0.25) is 4.18 Å². The Bertz CT molecular complexity index is 386. The normalized spacial score (nSPS) is 10.9. The van der Waals surface area contributed by atoms with E-state index in [9.17, 15) is 8.42 Å². The Morgan fingerprint density at radius 1 is 1.14 bits per heavy atom. The van der Waals surface area contributed by atoms with Crippen LogP contribution in [0.3, 0.4) is 0 Å². The van der Waals surface area contributed by atoms with Crippen LogP contribution in [0, 0.1) is 6.61 Å². The predicted octanol–water partition coefficient (Wildman–Crippen LogP) is 2.70. The van der Waals surface area contributed by atoms with E-state index < -0.39 is 11.0 Å². The van der Waals surface area contributed by atoms with E-state index in [0.717, 1.165) is 6.61 Å². The maximum atomic E-state index is 10.1. The Morgan fingerprint density at radius 3 is 2.07 bits per heavy atom. The van der Waals surface area contributed by atoms with Crippen LogP contribution < -0.4 is 0 Å². The molecule has 77 valence electrons. The zero-order valence-corrected chi connectivity index (χ0v) is 9.70. The van der Waals surface area contributed by atoms with Crippen LogP contribution >= 0.6 is 34.8 Å². The van der Waals surface area contributed by atoms with Crippen molar-refractivity contribution in [2.24, 2.45) is 0 Å². The molecule has 3 nitrogen and oxygen atoms in total. The summed E-state index contributed by atoms with van der Waals surface area (Å²) in [5.41, 5.74) is 0.275. The van der Waals surface area contributed by atoms with Crippen LogP contribution in [0.4, 0.5) is 0 Å². The first-order valence-electron chi connectivity index (χ1n) is 3.29. The fraction of sp³-hybridized carbons (Fsp3) is 0. The second-order valence-electron chi connectivity index (χ2n) is 2.23. The van der Waals surface area contributed by atoms with Crippen molar-refractivity contribution < 1.29 is 12.6 Å². The van der Waals surface area contributed by atoms with E-state index in [4.69, 9.17) is 34.8 Å². The number of hydrogen-bond donors (Lipinski definition) is 1. The predicted molar refractivity (Wildman–Crippen MR) is 56.3 cm³/mol. The van der Waals surface area contributed by atoms with E-state index in [1.54, 1.807) is 0 Å². The molecule has 0 bridgehead atoms. The molecular weight excluding hydrogens is 270 g/mol. The molecule has 0 heterocycles. The molecule has 0 aromatic heterocycles. The summed E-state index contributed by atoms with van der Waals surface area (Å²) in [7, 11) is -2.96. The first-order valence-corrected chi connectivity index (χ1v) is 5.52. The number of hydrogen-bond acceptors (Lipinski definition) is 3. The molecule has 0 aliphatic rings. The van der Waals surface area contributed by atoms with Gasteiger partial charge in [0.1, 0.15) is 6.61 Å². The topological polar surface area (TPSA) is 43.4 Å². The average molecular weight is 275 g/mol. The van der Waals surface area contributed by atoms with Crippen molar-refractivity contribution in [3.63, 3.8) is 0 Å². The Labute approximate surface area is 97.7 Å². The highest BCUT2D eigenvalue weighted by atomic mass is 35.5. The van der Waals surface area contributed by atoms with Crippen LogP contribution in [0.15, 0.2) is 12.1 Å². The van der Waals surface area contributed by atoms with Crippen molar-refractivity contribution in [2.75, 3.05) is 0 Å². The lowest BCUT2D eigenvalue weighted by molar-refractivity contribution is 0.429. The Hall–Kier alpha value is -0.000000000000000167. The van der Waals surface area contributed by atoms with Gasteiger partial charge < -0.3 is 0 Å². The fourth-order valence-electron chi connectivity index (χ4n) is 0.762. The number of thiol groups is 1. The first-order chi connectivity index (χ1) is 6.50. The second kappa shape index (κ2) is 5.19. The molecule has 1 radical (unpaired) electrons. The van der Waals surface area contributed by atoms with Crippen LogP contribution in [-0.2, 0) is 15.2 Å². The van der Waals surface area contributed by atoms with Gasteiger partial charge in [0.05, 0.1) is 0 Å². The summed E-state index contributed by atoms with van der Waals surface area (Å²) in [5, 5.41) is 0.808. The molecule has 0 fully saturated rings. The van der Waals surface area contributed by atoms with Gasteiger partial charge >= 0.3 is 0 Å². The first kappa shape index (κ1) is 12.1. The van der Waals surface area contributed by atoms with Gasteiger partial charge in [-0.2, -0.15) is 0 Å². The van der Waals surface area contributed by atoms with Gasteiger partial charge in [-0.25, -0.2) is 8.42 Å². The third-order valence-electron chi connectivity index (χ3n) is 1.30. The minimum atomic E-state index is -2.96. The maximum Gasteiger partial charge on any atom is 0.257 e. The van der Waals surface area contributed by atoms with E-state index in [-0.39, 0.29) is 15.6 Å². The van der Waals surface area contributed by atoms with E-state index >= 15 is 0 Å². The van der Waals surface area contributed by atoms with Gasteiger partial charge in [0.2, 0.25) is 0 Å². The van der Waals surface area contributed by atoms with Crippen molar-refractivity contribution in [1.82, 2.24) is 0 Å². The quantitative estimate of drug-likeness (QED) is 0.862. The highest BCUT2D eigenvalue weighted by Crippen LogP contribution is 2.30. The summed E-state index contributed by atoms with van der Waals surface area (Å²) in [6.45, 7) is 0.951. The lowest BCUT2D eigenvalue weighted by Gasteiger charge is -2.04. The minimum absolute atomic E-state index is 0.222. The van der Waals surface area contributed by atoms with Crippen LogP contribution in [0.1, 0.15) is 5.56 Å². The molecule has 1 aromatic rings. The van der Waals surface area contributed by atoms with Crippen molar-refractivity contribution in [3.05, 3.63) is 39.4 Å². The third-order valence-corrected chi connectivity index (χ3v) is 2.42. The Morgan fingerprint density at radius 2 is 1.64 bits per heavy atom. The molecule has 0 aliphatic carbocycles. The number of halogens is 3. The van der Waals surface area contributed by atoms with Crippen LogP contribution in [-0.4, -0.2) is 8.42 Å². The van der Waals surface area contributed by atoms with E-state index in [1.165, 1.54) is 12.1 Å². The van der Waals surface area contributed by atoms with Crippen molar-refractivity contribution in [3.8, 4) is 0 Å². The lowest BCUT2D eigenvalue weighted by Crippen LogP contribution is -1.90. The smallest absolute Gasteiger partial charge is 0.257 e. The largest absolute Gasteiger partial charge is 0.261 e. The highest BCUT2D eigenvalue weighted by molar-refractivity contribution is 7.67. The molecule has 14 heavy (non-hydrogen) atoms. The zero-order valence-electron chi connectivity index (χ0n) is 6.54. The fourth-order valence-corrected chi connectivity index (χ4v) is 1.86. The van der Waals surface area contributed by atoms with Gasteiger partial charge in [-0.05, 0) is 12.1 Å². The second-order valence-corrected chi connectivity index (χ2v) is 4.14. The molecule has 0 atom stereocenters. The highest BCUT2D eigenvalue weighted by Gasteiger charge is 2.08. The molecule has 0 N–H and O–H groups in total. The molecule has 0 amide bonds. The molecule has 0 saturated heterocycles. The number of rotatable bonds is 3. The van der Waals surface area contributed by atoms with E-state index in [1.807, 2.05) is 0 Å². The van der Waals surface area contributed by atoms with E-state index in [2.05, 4.69) is 4.18 Å². The molecule has 1 aromatic carbocycles. The summed E-state index contributed by atoms with van der Waals surface area (Å²) in [5.74, 6) is 0. The van der Waals surface area contributed by atoms with Crippen molar-refractivity contribution in [2.45, 2.75) is 0 Å². The summed E-state index contributed by atoms with van der Waals surface area (Å²) >= 11 is 17.1. The molecule has 0 saturated carbocycles. The summed E-state index contributed by atoms with van der Waals surface area (Å²) < 4.78 is 24.5. The van der Waals surface area contributed by atoms with Gasteiger partial charge in [-0.1, -0.05) is 34.8 Å². The summed E-state index contributed by atoms with van der Waals surface area (Å²) in [6.07, 6.45) is 0. The molecule has 0 aliphatic heterocycles. The monoisotopic (exact) mass is 273 g/mol. The van der Waals surface area contributed by atoms with E-state index in [0.29, 0.717) is 5.02 Å². The standard InChI is InChI=1S/C7H4Cl3O3S/c8-4-1-6(9)5(7(10)2-4)3-13-14(11)12/h1-3,14H. The molecule has 7 heteroatoms.